The lowest BCUT2D eigenvalue weighted by Crippen LogP contribution is -2.35. The van der Waals surface area contributed by atoms with Gasteiger partial charge in [-0.25, -0.2) is 5.43 Å². The van der Waals surface area contributed by atoms with Crippen molar-refractivity contribution in [2.24, 2.45) is 5.10 Å². The van der Waals surface area contributed by atoms with Crippen LogP contribution in [0.5, 0.6) is 5.75 Å². The van der Waals surface area contributed by atoms with Crippen LogP contribution in [0.25, 0.3) is 0 Å². The highest BCUT2D eigenvalue weighted by Gasteiger charge is 2.12. The van der Waals surface area contributed by atoms with E-state index in [-0.39, 0.29) is 11.7 Å². The molecule has 0 saturated carbocycles. The number of amides is 1. The molecule has 2 rings (SSSR count). The summed E-state index contributed by atoms with van der Waals surface area (Å²) in [7, 11) is 0. The summed E-state index contributed by atoms with van der Waals surface area (Å²) < 4.78 is 1.15. The van der Waals surface area contributed by atoms with E-state index in [1.165, 1.54) is 6.21 Å². The maximum absolute atomic E-state index is 12.0. The topological polar surface area (TPSA) is 73.7 Å². The van der Waals surface area contributed by atoms with Gasteiger partial charge in [-0.15, -0.1) is 0 Å². The van der Waals surface area contributed by atoms with Crippen molar-refractivity contribution >= 4 is 40.4 Å². The molecule has 3 N–H and O–H groups in total. The second-order valence-corrected chi connectivity index (χ2v) is 6.36. The number of carbonyl (C=O) groups is 1. The van der Waals surface area contributed by atoms with Gasteiger partial charge in [0.15, 0.2) is 0 Å². The molecule has 1 amide bonds. The standard InChI is InChI=1S/C17H18IN3O2/c1-11-9-14(18)7-8-15(11)20-12(2)17(23)21-19-10-13-5-3-4-6-16(13)22/h3-10,12,20,22H,1-2H3,(H,21,23). The van der Waals surface area contributed by atoms with Gasteiger partial charge in [0, 0.05) is 14.8 Å². The minimum atomic E-state index is -0.435. The molecule has 120 valence electrons. The Balaban J connectivity index is 1.94. The van der Waals surface area contributed by atoms with Crippen LogP contribution in [0.2, 0.25) is 0 Å². The number of carbonyl (C=O) groups excluding carboxylic acids is 1. The van der Waals surface area contributed by atoms with Gasteiger partial charge in [-0.2, -0.15) is 5.10 Å². The van der Waals surface area contributed by atoms with E-state index in [4.69, 9.17) is 0 Å². The molecule has 0 aliphatic heterocycles. The summed E-state index contributed by atoms with van der Waals surface area (Å²) in [4.78, 5) is 12.0. The average molecular weight is 423 g/mol. The molecule has 1 unspecified atom stereocenters. The molecule has 0 aromatic heterocycles. The Morgan fingerprint density at radius 2 is 2.04 bits per heavy atom. The Bertz CT molecular complexity index is 732. The van der Waals surface area contributed by atoms with Crippen LogP contribution in [0.3, 0.4) is 0 Å². The summed E-state index contributed by atoms with van der Waals surface area (Å²) >= 11 is 2.25. The Labute approximate surface area is 148 Å². The number of anilines is 1. The van der Waals surface area contributed by atoms with E-state index in [9.17, 15) is 9.90 Å². The lowest BCUT2D eigenvalue weighted by Gasteiger charge is -2.15. The number of nitrogens with zero attached hydrogens (tertiary/aromatic N) is 1. The second-order valence-electron chi connectivity index (χ2n) is 5.12. The fourth-order valence-corrected chi connectivity index (χ4v) is 2.59. The molecule has 2 aromatic carbocycles. The molecule has 0 spiro atoms. The Morgan fingerprint density at radius 3 is 2.74 bits per heavy atom. The highest BCUT2D eigenvalue weighted by molar-refractivity contribution is 14.1. The van der Waals surface area contributed by atoms with Crippen LogP contribution in [0.15, 0.2) is 47.6 Å². The second kappa shape index (κ2) is 7.96. The number of para-hydroxylation sites is 1. The van der Waals surface area contributed by atoms with Crippen LogP contribution in [0.4, 0.5) is 5.69 Å². The van der Waals surface area contributed by atoms with Crippen LogP contribution in [0, 0.1) is 10.5 Å². The van der Waals surface area contributed by atoms with Gasteiger partial charge in [-0.05, 0) is 72.3 Å². The predicted molar refractivity (Wildman–Crippen MR) is 101 cm³/mol. The van der Waals surface area contributed by atoms with Gasteiger partial charge in [-0.1, -0.05) is 12.1 Å². The molecule has 1 atom stereocenters. The van der Waals surface area contributed by atoms with E-state index < -0.39 is 6.04 Å². The molecule has 0 radical (unpaired) electrons. The number of phenols is 1. The fourth-order valence-electron chi connectivity index (χ4n) is 1.95. The monoisotopic (exact) mass is 423 g/mol. The lowest BCUT2D eigenvalue weighted by molar-refractivity contribution is -0.121. The van der Waals surface area contributed by atoms with E-state index in [1.54, 1.807) is 31.2 Å². The molecule has 0 heterocycles. The summed E-state index contributed by atoms with van der Waals surface area (Å²) in [5.41, 5.74) is 5.00. The van der Waals surface area contributed by atoms with Gasteiger partial charge in [-0.3, -0.25) is 4.79 Å². The van der Waals surface area contributed by atoms with Crippen LogP contribution in [-0.4, -0.2) is 23.3 Å². The lowest BCUT2D eigenvalue weighted by atomic mass is 10.2. The number of aromatic hydroxyl groups is 1. The molecule has 23 heavy (non-hydrogen) atoms. The van der Waals surface area contributed by atoms with Gasteiger partial charge < -0.3 is 10.4 Å². The van der Waals surface area contributed by atoms with E-state index in [2.05, 4.69) is 38.4 Å². The first-order valence-corrected chi connectivity index (χ1v) is 8.19. The Hall–Kier alpha value is -2.09. The molecule has 0 aliphatic rings. The van der Waals surface area contributed by atoms with Crippen molar-refractivity contribution < 1.29 is 9.90 Å². The van der Waals surface area contributed by atoms with Crippen molar-refractivity contribution in [1.29, 1.82) is 0 Å². The van der Waals surface area contributed by atoms with Gasteiger partial charge in [0.05, 0.1) is 6.21 Å². The number of aryl methyl sites for hydroxylation is 1. The first kappa shape index (κ1) is 17.3. The zero-order valence-corrected chi connectivity index (χ0v) is 15.0. The summed E-state index contributed by atoms with van der Waals surface area (Å²) in [5.74, 6) is -0.138. The van der Waals surface area contributed by atoms with Crippen LogP contribution < -0.4 is 10.7 Å². The maximum atomic E-state index is 12.0. The number of rotatable bonds is 5. The van der Waals surface area contributed by atoms with Crippen molar-refractivity contribution in [3.63, 3.8) is 0 Å². The summed E-state index contributed by atoms with van der Waals surface area (Å²) in [6.07, 6.45) is 1.41. The number of benzene rings is 2. The summed E-state index contributed by atoms with van der Waals surface area (Å²) in [5, 5.41) is 16.7. The number of phenolic OH excluding ortho intramolecular Hbond substituents is 1. The first-order valence-electron chi connectivity index (χ1n) is 7.11. The van der Waals surface area contributed by atoms with Crippen LogP contribution in [-0.2, 0) is 4.79 Å². The third-order valence-electron chi connectivity index (χ3n) is 3.27. The van der Waals surface area contributed by atoms with Crippen molar-refractivity contribution in [3.05, 3.63) is 57.2 Å². The van der Waals surface area contributed by atoms with E-state index in [0.29, 0.717) is 5.56 Å². The Morgan fingerprint density at radius 1 is 1.30 bits per heavy atom. The van der Waals surface area contributed by atoms with Gasteiger partial charge in [0.25, 0.3) is 5.91 Å². The number of hydrogen-bond donors (Lipinski definition) is 3. The number of halogens is 1. The molecule has 6 heteroatoms. The van der Waals surface area contributed by atoms with Crippen molar-refractivity contribution in [1.82, 2.24) is 5.43 Å². The third kappa shape index (κ3) is 4.95. The number of hydrazone groups is 1. The molecule has 5 nitrogen and oxygen atoms in total. The zero-order chi connectivity index (χ0) is 16.8. The van der Waals surface area contributed by atoms with Crippen LogP contribution in [0.1, 0.15) is 18.1 Å². The van der Waals surface area contributed by atoms with Gasteiger partial charge in [0.1, 0.15) is 11.8 Å². The minimum absolute atomic E-state index is 0.117. The zero-order valence-electron chi connectivity index (χ0n) is 12.9. The number of hydrogen-bond acceptors (Lipinski definition) is 4. The predicted octanol–water partition coefficient (Wildman–Crippen LogP) is 3.26. The first-order chi connectivity index (χ1) is 11.0. The fraction of sp³-hybridized carbons (Fsp3) is 0.176. The molecule has 0 fully saturated rings. The molecule has 2 aromatic rings. The third-order valence-corrected chi connectivity index (χ3v) is 3.94. The molecular formula is C17H18IN3O2. The molecular weight excluding hydrogens is 405 g/mol. The molecule has 0 bridgehead atoms. The normalized spacial score (nSPS) is 12.1. The van der Waals surface area contributed by atoms with Gasteiger partial charge in [0.2, 0.25) is 0 Å². The Kier molecular flexibility index (Phi) is 5.97. The van der Waals surface area contributed by atoms with Crippen molar-refractivity contribution in [2.75, 3.05) is 5.32 Å². The highest BCUT2D eigenvalue weighted by Crippen LogP contribution is 2.18. The number of nitrogens with one attached hydrogen (secondary N) is 2. The average Bonchev–Trinajstić information content (AvgIpc) is 2.51. The molecule has 0 saturated heterocycles. The smallest absolute Gasteiger partial charge is 0.262 e. The van der Waals surface area contributed by atoms with Crippen molar-refractivity contribution in [3.8, 4) is 5.75 Å². The molecule has 0 aliphatic carbocycles. The minimum Gasteiger partial charge on any atom is -0.507 e. The van der Waals surface area contributed by atoms with Crippen LogP contribution >= 0.6 is 22.6 Å². The summed E-state index contributed by atoms with van der Waals surface area (Å²) in [6, 6.07) is 12.3. The SMILES string of the molecule is Cc1cc(I)ccc1NC(C)C(=O)NN=Cc1ccccc1O. The van der Waals surface area contributed by atoms with E-state index in [1.807, 2.05) is 25.1 Å². The maximum Gasteiger partial charge on any atom is 0.262 e. The van der Waals surface area contributed by atoms with E-state index >= 15 is 0 Å². The largest absolute Gasteiger partial charge is 0.507 e. The highest BCUT2D eigenvalue weighted by atomic mass is 127. The van der Waals surface area contributed by atoms with Gasteiger partial charge >= 0.3 is 0 Å². The summed E-state index contributed by atoms with van der Waals surface area (Å²) in [6.45, 7) is 3.76. The van der Waals surface area contributed by atoms with E-state index in [0.717, 1.165) is 14.8 Å². The van der Waals surface area contributed by atoms with Crippen molar-refractivity contribution in [2.45, 2.75) is 19.9 Å². The quantitative estimate of drug-likeness (QED) is 0.393.